The number of piperidine rings is 1. The lowest BCUT2D eigenvalue weighted by molar-refractivity contribution is -0.950. The number of ether oxygens (including phenoxy) is 1. The van der Waals surface area contributed by atoms with Gasteiger partial charge in [0.2, 0.25) is 0 Å². The van der Waals surface area contributed by atoms with Crippen LogP contribution in [0.25, 0.3) is 0 Å². The Morgan fingerprint density at radius 1 is 1.38 bits per heavy atom. The summed E-state index contributed by atoms with van der Waals surface area (Å²) in [4.78, 5) is 12.9. The molecule has 1 aromatic carbocycles. The van der Waals surface area contributed by atoms with Gasteiger partial charge in [0.05, 0.1) is 29.6 Å². The molecular weight excluding hydrogens is 330 g/mol. The van der Waals surface area contributed by atoms with Crippen molar-refractivity contribution in [3.05, 3.63) is 23.3 Å². The number of phenolic OH excluding ortho intramolecular Hbond substituents is 1. The van der Waals surface area contributed by atoms with Crippen LogP contribution < -0.4 is 4.74 Å². The van der Waals surface area contributed by atoms with Gasteiger partial charge >= 0.3 is 0 Å². The summed E-state index contributed by atoms with van der Waals surface area (Å²) in [6.45, 7) is -1.29. The highest BCUT2D eigenvalue weighted by Gasteiger charge is 2.76. The van der Waals surface area contributed by atoms with Crippen LogP contribution in [-0.4, -0.2) is 58.3 Å². The van der Waals surface area contributed by atoms with Gasteiger partial charge < -0.3 is 19.4 Å². The molecule has 2 N–H and O–H groups in total. The third kappa shape index (κ3) is 1.55. The first-order valence-electron chi connectivity index (χ1n) is 11.3. The van der Waals surface area contributed by atoms with E-state index in [0.29, 0.717) is 37.6 Å². The van der Waals surface area contributed by atoms with E-state index in [1.165, 1.54) is 0 Å². The molecule has 2 bridgehead atoms. The largest absolute Gasteiger partial charge is 0.504 e. The maximum Gasteiger partial charge on any atom is 0.174 e. The molecule has 26 heavy (non-hydrogen) atoms. The Hall–Kier alpha value is -1.59. The fourth-order valence-corrected chi connectivity index (χ4v) is 6.60. The summed E-state index contributed by atoms with van der Waals surface area (Å²) < 4.78 is 31.4. The molecule has 2 saturated carbocycles. The molecule has 138 valence electrons. The van der Waals surface area contributed by atoms with Gasteiger partial charge in [0.25, 0.3) is 0 Å². The van der Waals surface area contributed by atoms with Crippen LogP contribution in [0.1, 0.15) is 47.3 Å². The topological polar surface area (TPSA) is 66.8 Å². The van der Waals surface area contributed by atoms with E-state index < -0.39 is 30.1 Å². The Balaban J connectivity index is 1.62. The van der Waals surface area contributed by atoms with Crippen LogP contribution in [0.3, 0.4) is 0 Å². The van der Waals surface area contributed by atoms with Gasteiger partial charge in [0.15, 0.2) is 23.4 Å². The zero-order valence-electron chi connectivity index (χ0n) is 17.7. The summed E-state index contributed by atoms with van der Waals surface area (Å²) in [6.07, 6.45) is 2.49. The van der Waals surface area contributed by atoms with E-state index >= 15 is 0 Å². The number of aliphatic hydroxyl groups is 1. The molecule has 2 heterocycles. The number of hydrogen-bond donors (Lipinski definition) is 2. The van der Waals surface area contributed by atoms with Crippen LogP contribution >= 0.6 is 0 Å². The quantitative estimate of drug-likeness (QED) is 0.789. The van der Waals surface area contributed by atoms with E-state index in [1.807, 2.05) is 6.07 Å². The van der Waals surface area contributed by atoms with Gasteiger partial charge in [-0.3, -0.25) is 4.79 Å². The van der Waals surface area contributed by atoms with Gasteiger partial charge in [0, 0.05) is 30.7 Å². The number of phenols is 1. The lowest BCUT2D eigenvalue weighted by atomic mass is 9.48. The summed E-state index contributed by atoms with van der Waals surface area (Å²) in [5.74, 6) is 0.635. The Labute approximate surface area is 157 Å². The molecule has 0 unspecified atom stereocenters. The third-order valence-corrected chi connectivity index (χ3v) is 7.92. The smallest absolute Gasteiger partial charge is 0.174 e. The van der Waals surface area contributed by atoms with Crippen molar-refractivity contribution >= 4 is 5.78 Å². The molecule has 3 fully saturated rings. The standard InChI is InChI=1S/C21H25NO4/c1-22(11-12-2-3-12)9-8-20-17-13-4-5-14(23)18(17)26-19(20)15(24)6-7-21(20,25)16(22)10-13/h4-5,12,16,19,25H,2-3,6-11H2,1H3/p+1/t16-,19+,20+,21-,22-/m1/s1/i1D3. The predicted octanol–water partition coefficient (Wildman–Crippen LogP) is 1.67. The highest BCUT2D eigenvalue weighted by Crippen LogP contribution is 2.65. The Bertz CT molecular complexity index is 945. The van der Waals surface area contributed by atoms with Crippen molar-refractivity contribution in [3.63, 3.8) is 0 Å². The van der Waals surface area contributed by atoms with E-state index in [1.54, 1.807) is 6.07 Å². The molecule has 5 atom stereocenters. The summed E-state index contributed by atoms with van der Waals surface area (Å²) in [7, 11) is 0. The molecule has 2 aliphatic heterocycles. The molecule has 1 aromatic rings. The van der Waals surface area contributed by atoms with E-state index in [-0.39, 0.29) is 28.9 Å². The Morgan fingerprint density at radius 2 is 2.23 bits per heavy atom. The molecule has 5 nitrogen and oxygen atoms in total. The number of likely N-dealkylation sites (tertiary alicyclic amines) is 1. The Morgan fingerprint density at radius 3 is 3.00 bits per heavy atom. The first kappa shape index (κ1) is 12.7. The molecule has 5 heteroatoms. The minimum absolute atomic E-state index is 0.0127. The minimum atomic E-state index is -2.24. The number of quaternary nitrogens is 1. The van der Waals surface area contributed by atoms with E-state index in [9.17, 15) is 15.0 Å². The SMILES string of the molecule is [2H]C([2H])([2H])[N@+]1(CC2CC2)CC[C@]23c4c5ccc(O)c4O[C@H]2C(=O)CC[C@@]3(O)[C@H]1C5. The zero-order valence-corrected chi connectivity index (χ0v) is 14.7. The second-order valence-electron chi connectivity index (χ2n) is 9.16. The van der Waals surface area contributed by atoms with Crippen LogP contribution in [-0.2, 0) is 16.6 Å². The van der Waals surface area contributed by atoms with Crippen LogP contribution in [0.2, 0.25) is 0 Å². The number of rotatable bonds is 2. The molecule has 6 rings (SSSR count). The molecule has 1 spiro atoms. The highest BCUT2D eigenvalue weighted by molar-refractivity contribution is 5.90. The molecule has 3 aliphatic carbocycles. The predicted molar refractivity (Wildman–Crippen MR) is 94.1 cm³/mol. The zero-order chi connectivity index (χ0) is 20.4. The van der Waals surface area contributed by atoms with E-state index in [4.69, 9.17) is 8.85 Å². The number of ketones is 1. The average molecular weight is 359 g/mol. The molecule has 0 radical (unpaired) electrons. The van der Waals surface area contributed by atoms with E-state index in [2.05, 4.69) is 0 Å². The first-order chi connectivity index (χ1) is 13.6. The Kier molecular flexibility index (Phi) is 2.18. The van der Waals surface area contributed by atoms with E-state index in [0.717, 1.165) is 24.0 Å². The van der Waals surface area contributed by atoms with Gasteiger partial charge in [-0.1, -0.05) is 6.07 Å². The second-order valence-corrected chi connectivity index (χ2v) is 9.16. The van der Waals surface area contributed by atoms with Crippen molar-refractivity contribution in [1.29, 1.82) is 0 Å². The fraction of sp³-hybridized carbons (Fsp3) is 0.667. The van der Waals surface area contributed by atoms with Crippen molar-refractivity contribution in [2.75, 3.05) is 20.1 Å². The molecular formula is C21H26NO4+. The number of nitrogens with zero attached hydrogens (tertiary/aromatic N) is 1. The monoisotopic (exact) mass is 359 g/mol. The number of aromatic hydroxyl groups is 1. The van der Waals surface area contributed by atoms with Crippen molar-refractivity contribution in [1.82, 2.24) is 0 Å². The summed E-state index contributed by atoms with van der Waals surface area (Å²) in [5, 5.41) is 22.7. The van der Waals surface area contributed by atoms with Crippen molar-refractivity contribution < 1.29 is 28.3 Å². The summed E-state index contributed by atoms with van der Waals surface area (Å²) >= 11 is 0. The number of hydrogen-bond acceptors (Lipinski definition) is 4. The lowest BCUT2D eigenvalue weighted by Crippen LogP contribution is -2.80. The molecule has 5 aliphatic rings. The third-order valence-electron chi connectivity index (χ3n) is 7.92. The molecule has 0 aromatic heterocycles. The summed E-state index contributed by atoms with van der Waals surface area (Å²) in [5.41, 5.74) is -0.624. The number of likely N-dealkylation sites (N-methyl/N-ethyl adjacent to an activating group) is 1. The van der Waals surface area contributed by atoms with Crippen LogP contribution in [0.5, 0.6) is 11.5 Å². The minimum Gasteiger partial charge on any atom is -0.504 e. The van der Waals surface area contributed by atoms with Crippen molar-refractivity contribution in [3.8, 4) is 11.5 Å². The normalized spacial score (nSPS) is 47.4. The maximum atomic E-state index is 12.9. The van der Waals surface area contributed by atoms with Crippen molar-refractivity contribution in [2.24, 2.45) is 5.92 Å². The maximum absolute atomic E-state index is 12.9. The number of benzene rings is 1. The van der Waals surface area contributed by atoms with Gasteiger partial charge in [-0.25, -0.2) is 0 Å². The lowest BCUT2D eigenvalue weighted by Gasteiger charge is -2.64. The molecule has 0 amide bonds. The van der Waals surface area contributed by atoms with Gasteiger partial charge in [-0.2, -0.15) is 0 Å². The number of Topliss-reactive ketones (excluding diaryl/α,β-unsaturated/α-hetero) is 1. The van der Waals surface area contributed by atoms with Gasteiger partial charge in [-0.05, 0) is 30.9 Å². The number of carbonyl (C=O) groups is 1. The second kappa shape index (κ2) is 4.45. The van der Waals surface area contributed by atoms with Crippen molar-refractivity contribution in [2.45, 2.75) is 61.7 Å². The van der Waals surface area contributed by atoms with Crippen LogP contribution in [0.4, 0.5) is 0 Å². The molecule has 1 saturated heterocycles. The highest BCUT2D eigenvalue weighted by atomic mass is 16.5. The average Bonchev–Trinajstić information content (AvgIpc) is 3.38. The number of carbonyl (C=O) groups excluding carboxylic acids is 1. The first-order valence-corrected chi connectivity index (χ1v) is 9.78. The van der Waals surface area contributed by atoms with Gasteiger partial charge in [-0.15, -0.1) is 0 Å². The van der Waals surface area contributed by atoms with Crippen LogP contribution in [0, 0.1) is 5.92 Å². The summed E-state index contributed by atoms with van der Waals surface area (Å²) in [6, 6.07) is 2.88. The van der Waals surface area contributed by atoms with Crippen LogP contribution in [0.15, 0.2) is 12.1 Å². The fourth-order valence-electron chi connectivity index (χ4n) is 6.60. The van der Waals surface area contributed by atoms with Gasteiger partial charge in [0.1, 0.15) is 11.6 Å².